The molecule has 2 saturated heterocycles. The molecule has 0 aromatic carbocycles. The molecule has 3 N–H and O–H groups in total. The second-order valence-electron chi connectivity index (χ2n) is 6.57. The number of rotatable bonds is 3. The van der Waals surface area contributed by atoms with E-state index in [0.29, 0.717) is 24.2 Å². The number of carbonyl (C=O) groups is 2. The number of fused-ring (bicyclic) bond motifs is 1. The first kappa shape index (κ1) is 15.1. The number of cyclic esters (lactones) is 1. The molecule has 0 bridgehead atoms. The Morgan fingerprint density at radius 2 is 2.21 bits per heavy atom. The Hall–Kier alpha value is -2.41. The molecule has 4 heterocycles. The lowest BCUT2D eigenvalue weighted by Crippen LogP contribution is -2.39. The van der Waals surface area contributed by atoms with Gasteiger partial charge in [0.05, 0.1) is 17.5 Å². The molecule has 1 unspecified atom stereocenters. The van der Waals surface area contributed by atoms with Gasteiger partial charge < -0.3 is 20.4 Å². The Kier molecular flexibility index (Phi) is 3.72. The van der Waals surface area contributed by atoms with Crippen LogP contribution in [0.4, 0.5) is 0 Å². The predicted octanol–water partition coefficient (Wildman–Crippen LogP) is 0.978. The number of hydrogen-bond donors (Lipinski definition) is 3. The number of carbonyl (C=O) groups excluding carboxylic acids is 2. The van der Waals surface area contributed by atoms with Gasteiger partial charge in [-0.3, -0.25) is 9.59 Å². The minimum atomic E-state index is -0.356. The van der Waals surface area contributed by atoms with Crippen molar-refractivity contribution in [1.82, 2.24) is 20.6 Å². The van der Waals surface area contributed by atoms with E-state index in [1.165, 1.54) is 0 Å². The highest BCUT2D eigenvalue weighted by molar-refractivity contribution is 6.05. The van der Waals surface area contributed by atoms with Gasteiger partial charge in [0.1, 0.15) is 11.8 Å². The number of amides is 1. The van der Waals surface area contributed by atoms with E-state index in [9.17, 15) is 9.59 Å². The first-order chi connectivity index (χ1) is 11.7. The lowest BCUT2D eigenvalue weighted by molar-refractivity contribution is -0.149. The minimum absolute atomic E-state index is 0.111. The molecule has 24 heavy (non-hydrogen) atoms. The molecule has 1 atom stereocenters. The summed E-state index contributed by atoms with van der Waals surface area (Å²) in [5.74, 6) is -0.288. The van der Waals surface area contributed by atoms with Crippen LogP contribution in [-0.4, -0.2) is 47.6 Å². The smallest absolute Gasteiger partial charge is 0.312 e. The fourth-order valence-corrected chi connectivity index (χ4v) is 3.73. The minimum Gasteiger partial charge on any atom is -0.460 e. The molecular formula is C17H20N4O3. The van der Waals surface area contributed by atoms with Crippen molar-refractivity contribution in [3.05, 3.63) is 30.1 Å². The predicted molar refractivity (Wildman–Crippen MR) is 87.5 cm³/mol. The highest BCUT2D eigenvalue weighted by Crippen LogP contribution is 2.41. The van der Waals surface area contributed by atoms with Crippen LogP contribution in [0.3, 0.4) is 0 Å². The van der Waals surface area contributed by atoms with Crippen molar-refractivity contribution in [1.29, 1.82) is 0 Å². The van der Waals surface area contributed by atoms with Crippen LogP contribution in [0.5, 0.6) is 0 Å². The molecule has 4 rings (SSSR count). The Balaban J connectivity index is 1.41. The zero-order valence-corrected chi connectivity index (χ0v) is 13.3. The number of ether oxygens (including phenoxy) is 1. The summed E-state index contributed by atoms with van der Waals surface area (Å²) in [6.45, 7) is 2.03. The molecule has 2 fully saturated rings. The molecule has 2 aromatic rings. The summed E-state index contributed by atoms with van der Waals surface area (Å²) in [6, 6.07) is 3.53. The molecule has 1 amide bonds. The SMILES string of the molecule is O=C(NCC1CC2(CCNCC2)C(=O)O1)c1ccnc2[nH]ccc12. The summed E-state index contributed by atoms with van der Waals surface area (Å²) in [5, 5.41) is 6.95. The molecule has 7 heteroatoms. The zero-order valence-electron chi connectivity index (χ0n) is 13.3. The summed E-state index contributed by atoms with van der Waals surface area (Å²) in [5.41, 5.74) is 0.899. The van der Waals surface area contributed by atoms with E-state index in [-0.39, 0.29) is 23.4 Å². The van der Waals surface area contributed by atoms with Crippen LogP contribution in [-0.2, 0) is 9.53 Å². The number of aromatic amines is 1. The Morgan fingerprint density at radius 1 is 1.38 bits per heavy atom. The van der Waals surface area contributed by atoms with Crippen molar-refractivity contribution in [2.45, 2.75) is 25.4 Å². The number of aromatic nitrogens is 2. The van der Waals surface area contributed by atoms with Gasteiger partial charge in [-0.2, -0.15) is 0 Å². The number of H-pyrrole nitrogens is 1. The van der Waals surface area contributed by atoms with Gasteiger partial charge in [-0.15, -0.1) is 0 Å². The van der Waals surface area contributed by atoms with Crippen LogP contribution in [0.2, 0.25) is 0 Å². The third kappa shape index (κ3) is 2.54. The monoisotopic (exact) mass is 328 g/mol. The van der Waals surface area contributed by atoms with Gasteiger partial charge >= 0.3 is 5.97 Å². The summed E-state index contributed by atoms with van der Waals surface area (Å²) >= 11 is 0. The van der Waals surface area contributed by atoms with E-state index in [1.54, 1.807) is 18.5 Å². The maximum atomic E-state index is 12.5. The third-order valence-electron chi connectivity index (χ3n) is 5.08. The van der Waals surface area contributed by atoms with Crippen LogP contribution in [0.25, 0.3) is 11.0 Å². The fourth-order valence-electron chi connectivity index (χ4n) is 3.73. The number of pyridine rings is 1. The van der Waals surface area contributed by atoms with E-state index in [0.717, 1.165) is 31.3 Å². The Labute approximate surface area is 139 Å². The zero-order chi connectivity index (χ0) is 16.6. The van der Waals surface area contributed by atoms with E-state index in [1.807, 2.05) is 6.07 Å². The largest absolute Gasteiger partial charge is 0.460 e. The topological polar surface area (TPSA) is 96.1 Å². The van der Waals surface area contributed by atoms with Crippen LogP contribution < -0.4 is 10.6 Å². The van der Waals surface area contributed by atoms with Crippen LogP contribution in [0, 0.1) is 5.41 Å². The van der Waals surface area contributed by atoms with E-state index < -0.39 is 0 Å². The highest BCUT2D eigenvalue weighted by Gasteiger charge is 2.49. The van der Waals surface area contributed by atoms with Gasteiger partial charge in [-0.1, -0.05) is 0 Å². The quantitative estimate of drug-likeness (QED) is 0.730. The maximum Gasteiger partial charge on any atom is 0.312 e. The Bertz CT molecular complexity index is 779. The average molecular weight is 328 g/mol. The van der Waals surface area contributed by atoms with Crippen LogP contribution in [0.15, 0.2) is 24.5 Å². The maximum absolute atomic E-state index is 12.5. The molecule has 0 saturated carbocycles. The molecule has 7 nitrogen and oxygen atoms in total. The van der Waals surface area contributed by atoms with Gasteiger partial charge in [0.15, 0.2) is 0 Å². The first-order valence-corrected chi connectivity index (χ1v) is 8.30. The standard InChI is InChI=1S/C17H20N4O3/c22-15(13-2-6-20-14-12(13)1-5-19-14)21-10-11-9-17(16(23)24-11)3-7-18-8-4-17/h1-2,5-6,11,18H,3-4,7-10H2,(H,19,20)(H,21,22). The number of piperidine rings is 1. The summed E-state index contributed by atoms with van der Waals surface area (Å²) in [7, 11) is 0. The third-order valence-corrected chi connectivity index (χ3v) is 5.08. The van der Waals surface area contributed by atoms with Crippen molar-refractivity contribution in [2.75, 3.05) is 19.6 Å². The normalized spacial score (nSPS) is 22.7. The van der Waals surface area contributed by atoms with Gasteiger partial charge in [-0.25, -0.2) is 4.98 Å². The number of nitrogens with zero attached hydrogens (tertiary/aromatic N) is 1. The van der Waals surface area contributed by atoms with Crippen LogP contribution in [0.1, 0.15) is 29.6 Å². The van der Waals surface area contributed by atoms with Gasteiger partial charge in [0.25, 0.3) is 5.91 Å². The van der Waals surface area contributed by atoms with Crippen molar-refractivity contribution >= 4 is 22.9 Å². The lowest BCUT2D eigenvalue weighted by Gasteiger charge is -2.29. The van der Waals surface area contributed by atoms with Crippen molar-refractivity contribution in [3.63, 3.8) is 0 Å². The molecule has 2 aliphatic rings. The molecule has 2 aromatic heterocycles. The molecule has 1 spiro atoms. The molecule has 0 aliphatic carbocycles. The van der Waals surface area contributed by atoms with Gasteiger partial charge in [-0.05, 0) is 38.1 Å². The van der Waals surface area contributed by atoms with E-state index >= 15 is 0 Å². The number of nitrogens with one attached hydrogen (secondary N) is 3. The summed E-state index contributed by atoms with van der Waals surface area (Å²) in [4.78, 5) is 31.9. The summed E-state index contributed by atoms with van der Waals surface area (Å²) < 4.78 is 5.51. The number of esters is 1. The molecule has 126 valence electrons. The molecule has 0 radical (unpaired) electrons. The molecular weight excluding hydrogens is 308 g/mol. The second-order valence-corrected chi connectivity index (χ2v) is 6.57. The number of hydrogen-bond acceptors (Lipinski definition) is 5. The fraction of sp³-hybridized carbons (Fsp3) is 0.471. The van der Waals surface area contributed by atoms with Crippen molar-refractivity contribution in [2.24, 2.45) is 5.41 Å². The molecule has 2 aliphatic heterocycles. The Morgan fingerprint density at radius 3 is 3.04 bits per heavy atom. The van der Waals surface area contributed by atoms with E-state index in [2.05, 4.69) is 20.6 Å². The second kappa shape index (κ2) is 5.90. The highest BCUT2D eigenvalue weighted by atomic mass is 16.6. The first-order valence-electron chi connectivity index (χ1n) is 8.30. The summed E-state index contributed by atoms with van der Waals surface area (Å²) in [6.07, 6.45) is 5.42. The van der Waals surface area contributed by atoms with Gasteiger partial charge in [0, 0.05) is 24.2 Å². The lowest BCUT2D eigenvalue weighted by atomic mass is 9.76. The van der Waals surface area contributed by atoms with E-state index in [4.69, 9.17) is 4.74 Å². The van der Waals surface area contributed by atoms with Crippen molar-refractivity contribution in [3.8, 4) is 0 Å². The van der Waals surface area contributed by atoms with Gasteiger partial charge in [0.2, 0.25) is 0 Å². The average Bonchev–Trinajstić information content (AvgIpc) is 3.19. The van der Waals surface area contributed by atoms with Crippen molar-refractivity contribution < 1.29 is 14.3 Å². The van der Waals surface area contributed by atoms with Crippen LogP contribution >= 0.6 is 0 Å².